The number of ether oxygens (including phenoxy) is 1. The molecule has 0 saturated heterocycles. The fourth-order valence-electron chi connectivity index (χ4n) is 2.09. The molecule has 0 aliphatic rings. The van der Waals surface area contributed by atoms with Gasteiger partial charge in [-0.05, 0) is 31.5 Å². The zero-order valence-corrected chi connectivity index (χ0v) is 11.1. The van der Waals surface area contributed by atoms with Crippen LogP contribution in [0.4, 0.5) is 0 Å². The molecule has 0 radical (unpaired) electrons. The lowest BCUT2D eigenvalue weighted by Crippen LogP contribution is -2.40. The molecule has 3 nitrogen and oxygen atoms in total. The number of para-hydroxylation sites is 1. The lowest BCUT2D eigenvalue weighted by Gasteiger charge is -2.29. The molecule has 0 aliphatic heterocycles. The average Bonchev–Trinajstić information content (AvgIpc) is 2.38. The molecule has 1 aromatic heterocycles. The fraction of sp³-hybridized carbons (Fsp3) is 0.400. The van der Waals surface area contributed by atoms with Crippen LogP contribution in [0.2, 0.25) is 0 Å². The minimum absolute atomic E-state index is 0.218. The van der Waals surface area contributed by atoms with Gasteiger partial charge in [0.05, 0.1) is 17.2 Å². The lowest BCUT2D eigenvalue weighted by atomic mass is 9.90. The molecule has 2 unspecified atom stereocenters. The van der Waals surface area contributed by atoms with Crippen LogP contribution < -0.4 is 0 Å². The van der Waals surface area contributed by atoms with Crippen LogP contribution >= 0.6 is 0 Å². The Bertz CT molecular complexity index is 532. The van der Waals surface area contributed by atoms with Crippen molar-refractivity contribution >= 4 is 10.9 Å². The molecule has 18 heavy (non-hydrogen) atoms. The van der Waals surface area contributed by atoms with Crippen LogP contribution in [0.15, 0.2) is 36.5 Å². The van der Waals surface area contributed by atoms with Gasteiger partial charge in [-0.1, -0.05) is 18.2 Å². The summed E-state index contributed by atoms with van der Waals surface area (Å²) in [5.74, 6) is 0. The van der Waals surface area contributed by atoms with E-state index in [1.54, 1.807) is 20.2 Å². The lowest BCUT2D eigenvalue weighted by molar-refractivity contribution is -0.0714. The first-order valence-corrected chi connectivity index (χ1v) is 6.12. The molecule has 2 aromatic rings. The van der Waals surface area contributed by atoms with Crippen LogP contribution in [0.1, 0.15) is 19.4 Å². The Balaban J connectivity index is 2.38. The molecule has 1 heterocycles. The normalized spacial score (nSPS) is 16.4. The Labute approximate surface area is 107 Å². The van der Waals surface area contributed by atoms with Gasteiger partial charge in [-0.2, -0.15) is 0 Å². The SMILES string of the molecule is COC(C)C(C)(O)Cc1ccnc2ccccc12. The van der Waals surface area contributed by atoms with Crippen LogP contribution in [0, 0.1) is 0 Å². The van der Waals surface area contributed by atoms with E-state index >= 15 is 0 Å². The smallest absolute Gasteiger partial charge is 0.0917 e. The third-order valence-corrected chi connectivity index (χ3v) is 3.52. The minimum Gasteiger partial charge on any atom is -0.387 e. The van der Waals surface area contributed by atoms with Crippen molar-refractivity contribution in [1.82, 2.24) is 4.98 Å². The molecular formula is C15H19NO2. The van der Waals surface area contributed by atoms with Gasteiger partial charge in [0.1, 0.15) is 0 Å². The van der Waals surface area contributed by atoms with Crippen LogP contribution in [0.3, 0.4) is 0 Å². The zero-order chi connectivity index (χ0) is 13.2. The Morgan fingerprint density at radius 2 is 2.06 bits per heavy atom. The quantitative estimate of drug-likeness (QED) is 0.900. The molecule has 1 aromatic carbocycles. The van der Waals surface area contributed by atoms with Crippen molar-refractivity contribution in [2.24, 2.45) is 0 Å². The molecule has 0 amide bonds. The number of nitrogens with zero attached hydrogens (tertiary/aromatic N) is 1. The predicted molar refractivity (Wildman–Crippen MR) is 72.5 cm³/mol. The van der Waals surface area contributed by atoms with E-state index in [0.717, 1.165) is 16.5 Å². The molecular weight excluding hydrogens is 226 g/mol. The highest BCUT2D eigenvalue weighted by atomic mass is 16.5. The fourth-order valence-corrected chi connectivity index (χ4v) is 2.09. The van der Waals surface area contributed by atoms with Gasteiger partial charge in [-0.3, -0.25) is 4.98 Å². The van der Waals surface area contributed by atoms with E-state index in [1.165, 1.54) is 0 Å². The standard InChI is InChI=1S/C15H19NO2/c1-11(18-3)15(2,17)10-12-8-9-16-14-7-5-4-6-13(12)14/h4-9,11,17H,10H2,1-3H3. The summed E-state index contributed by atoms with van der Waals surface area (Å²) in [5, 5.41) is 11.5. The highest BCUT2D eigenvalue weighted by molar-refractivity contribution is 5.81. The van der Waals surface area contributed by atoms with Crippen LogP contribution in [0.25, 0.3) is 10.9 Å². The van der Waals surface area contributed by atoms with Gasteiger partial charge in [0.15, 0.2) is 0 Å². The number of rotatable bonds is 4. The maximum atomic E-state index is 10.5. The van der Waals surface area contributed by atoms with Gasteiger partial charge in [0.25, 0.3) is 0 Å². The number of benzene rings is 1. The molecule has 1 N–H and O–H groups in total. The molecule has 0 bridgehead atoms. The van der Waals surface area contributed by atoms with Gasteiger partial charge >= 0.3 is 0 Å². The van der Waals surface area contributed by atoms with Crippen molar-refractivity contribution in [1.29, 1.82) is 0 Å². The summed E-state index contributed by atoms with van der Waals surface area (Å²) >= 11 is 0. The molecule has 0 fully saturated rings. The van der Waals surface area contributed by atoms with Crippen molar-refractivity contribution in [2.75, 3.05) is 7.11 Å². The van der Waals surface area contributed by atoms with E-state index in [9.17, 15) is 5.11 Å². The van der Waals surface area contributed by atoms with Gasteiger partial charge in [-0.15, -0.1) is 0 Å². The second kappa shape index (κ2) is 5.04. The summed E-state index contributed by atoms with van der Waals surface area (Å²) in [7, 11) is 1.61. The van der Waals surface area contributed by atoms with Crippen LogP contribution in [-0.4, -0.2) is 28.9 Å². The first-order chi connectivity index (χ1) is 8.54. The van der Waals surface area contributed by atoms with Crippen molar-refractivity contribution < 1.29 is 9.84 Å². The molecule has 0 spiro atoms. The van der Waals surface area contributed by atoms with Crippen molar-refractivity contribution in [2.45, 2.75) is 32.0 Å². The Kier molecular flexibility index (Phi) is 3.64. The Hall–Kier alpha value is -1.45. The second-order valence-electron chi connectivity index (χ2n) is 4.90. The number of aromatic nitrogens is 1. The monoisotopic (exact) mass is 245 g/mol. The van der Waals surface area contributed by atoms with E-state index < -0.39 is 5.60 Å². The number of hydrogen-bond donors (Lipinski definition) is 1. The van der Waals surface area contributed by atoms with Crippen molar-refractivity contribution in [3.63, 3.8) is 0 Å². The Morgan fingerprint density at radius 3 is 2.78 bits per heavy atom. The van der Waals surface area contributed by atoms with E-state index in [1.807, 2.05) is 37.3 Å². The summed E-state index contributed by atoms with van der Waals surface area (Å²) in [6.45, 7) is 3.68. The van der Waals surface area contributed by atoms with Gasteiger partial charge < -0.3 is 9.84 Å². The van der Waals surface area contributed by atoms with E-state index in [4.69, 9.17) is 4.74 Å². The molecule has 0 aliphatic carbocycles. The largest absolute Gasteiger partial charge is 0.387 e. The Morgan fingerprint density at radius 1 is 1.33 bits per heavy atom. The number of aliphatic hydroxyl groups is 1. The molecule has 2 atom stereocenters. The zero-order valence-electron chi connectivity index (χ0n) is 11.1. The van der Waals surface area contributed by atoms with Crippen LogP contribution in [-0.2, 0) is 11.2 Å². The number of pyridine rings is 1. The highest BCUT2D eigenvalue weighted by Crippen LogP contribution is 2.24. The van der Waals surface area contributed by atoms with Gasteiger partial charge in [0, 0.05) is 25.1 Å². The van der Waals surface area contributed by atoms with Crippen molar-refractivity contribution in [3.8, 4) is 0 Å². The van der Waals surface area contributed by atoms with Gasteiger partial charge in [0.2, 0.25) is 0 Å². The predicted octanol–water partition coefficient (Wildman–Crippen LogP) is 2.56. The number of fused-ring (bicyclic) bond motifs is 1. The molecule has 0 saturated carbocycles. The van der Waals surface area contributed by atoms with Crippen LogP contribution in [0.5, 0.6) is 0 Å². The molecule has 2 rings (SSSR count). The van der Waals surface area contributed by atoms with Gasteiger partial charge in [-0.25, -0.2) is 0 Å². The third kappa shape index (κ3) is 2.52. The summed E-state index contributed by atoms with van der Waals surface area (Å²) in [6.07, 6.45) is 2.11. The number of hydrogen-bond acceptors (Lipinski definition) is 3. The first-order valence-electron chi connectivity index (χ1n) is 6.12. The highest BCUT2D eigenvalue weighted by Gasteiger charge is 2.29. The number of methoxy groups -OCH3 is 1. The summed E-state index contributed by atoms with van der Waals surface area (Å²) in [4.78, 5) is 4.32. The van der Waals surface area contributed by atoms with Crippen molar-refractivity contribution in [3.05, 3.63) is 42.1 Å². The second-order valence-corrected chi connectivity index (χ2v) is 4.90. The molecule has 3 heteroatoms. The summed E-state index contributed by atoms with van der Waals surface area (Å²) in [5.41, 5.74) is 1.16. The van der Waals surface area contributed by atoms with E-state index in [2.05, 4.69) is 4.98 Å². The average molecular weight is 245 g/mol. The maximum absolute atomic E-state index is 10.5. The summed E-state index contributed by atoms with van der Waals surface area (Å²) < 4.78 is 5.23. The van der Waals surface area contributed by atoms with E-state index in [0.29, 0.717) is 6.42 Å². The molecule has 96 valence electrons. The minimum atomic E-state index is -0.890. The van der Waals surface area contributed by atoms with E-state index in [-0.39, 0.29) is 6.10 Å². The summed E-state index contributed by atoms with van der Waals surface area (Å²) in [6, 6.07) is 9.93. The maximum Gasteiger partial charge on any atom is 0.0917 e. The third-order valence-electron chi connectivity index (χ3n) is 3.52. The topological polar surface area (TPSA) is 42.4 Å². The first kappa shape index (κ1) is 13.0.